The summed E-state index contributed by atoms with van der Waals surface area (Å²) in [6, 6.07) is 15.6. The van der Waals surface area contributed by atoms with Crippen molar-refractivity contribution < 1.29 is 4.42 Å². The fourth-order valence-corrected chi connectivity index (χ4v) is 2.21. The molecule has 3 rings (SSSR count). The SMILES string of the molecule is C=Nc1ccc(-c2nnc(-c3ccc(N(C)CC)cc3)o2)cc1. The van der Waals surface area contributed by atoms with Crippen molar-refractivity contribution in [3.05, 3.63) is 48.5 Å². The Labute approximate surface area is 135 Å². The molecule has 0 radical (unpaired) electrons. The zero-order valence-electron chi connectivity index (χ0n) is 13.2. The van der Waals surface area contributed by atoms with Gasteiger partial charge in [0.05, 0.1) is 5.69 Å². The van der Waals surface area contributed by atoms with E-state index in [1.807, 2.05) is 48.5 Å². The highest BCUT2D eigenvalue weighted by molar-refractivity contribution is 5.62. The third-order valence-electron chi connectivity index (χ3n) is 3.75. The monoisotopic (exact) mass is 306 g/mol. The van der Waals surface area contributed by atoms with Crippen LogP contribution in [-0.4, -0.2) is 30.5 Å². The number of aromatic nitrogens is 2. The molecule has 1 aromatic heterocycles. The maximum absolute atomic E-state index is 5.77. The predicted molar refractivity (Wildman–Crippen MR) is 93.3 cm³/mol. The summed E-state index contributed by atoms with van der Waals surface area (Å²) >= 11 is 0. The average Bonchev–Trinajstić information content (AvgIpc) is 3.11. The Morgan fingerprint density at radius 2 is 1.48 bits per heavy atom. The fourth-order valence-electron chi connectivity index (χ4n) is 2.21. The molecule has 0 saturated heterocycles. The van der Waals surface area contributed by atoms with Gasteiger partial charge in [0, 0.05) is 30.4 Å². The first kappa shape index (κ1) is 15.0. The molecule has 0 N–H and O–H groups in total. The number of hydrogen-bond acceptors (Lipinski definition) is 5. The standard InChI is InChI=1S/C18H18N4O/c1-4-22(3)16-11-7-14(8-12-16)18-21-20-17(23-18)13-5-9-15(19-2)10-6-13/h5-12H,2,4H2,1,3H3. The Morgan fingerprint density at radius 3 is 1.96 bits per heavy atom. The lowest BCUT2D eigenvalue weighted by atomic mass is 10.2. The van der Waals surface area contributed by atoms with Gasteiger partial charge in [0.15, 0.2) is 0 Å². The largest absolute Gasteiger partial charge is 0.416 e. The maximum atomic E-state index is 5.77. The molecule has 0 unspecified atom stereocenters. The van der Waals surface area contributed by atoms with Gasteiger partial charge in [0.25, 0.3) is 0 Å². The molecule has 0 atom stereocenters. The minimum Gasteiger partial charge on any atom is -0.416 e. The van der Waals surface area contributed by atoms with Crippen molar-refractivity contribution in [1.29, 1.82) is 0 Å². The molecule has 0 saturated carbocycles. The van der Waals surface area contributed by atoms with Crippen LogP contribution in [0.15, 0.2) is 57.9 Å². The topological polar surface area (TPSA) is 54.5 Å². The van der Waals surface area contributed by atoms with Crippen LogP contribution in [0.25, 0.3) is 22.9 Å². The van der Waals surface area contributed by atoms with Crippen LogP contribution in [-0.2, 0) is 0 Å². The van der Waals surface area contributed by atoms with Crippen LogP contribution in [0.2, 0.25) is 0 Å². The number of aliphatic imine (C=N–C) groups is 1. The predicted octanol–water partition coefficient (Wildman–Crippen LogP) is 4.19. The summed E-state index contributed by atoms with van der Waals surface area (Å²) in [4.78, 5) is 6.03. The average molecular weight is 306 g/mol. The summed E-state index contributed by atoms with van der Waals surface area (Å²) in [6.45, 7) is 6.57. The second kappa shape index (κ2) is 6.44. The molecule has 5 nitrogen and oxygen atoms in total. The Hall–Kier alpha value is -2.95. The van der Waals surface area contributed by atoms with E-state index in [-0.39, 0.29) is 0 Å². The van der Waals surface area contributed by atoms with Crippen molar-refractivity contribution in [1.82, 2.24) is 10.2 Å². The summed E-state index contributed by atoms with van der Waals surface area (Å²) < 4.78 is 5.77. The van der Waals surface area contributed by atoms with Gasteiger partial charge in [-0.1, -0.05) is 0 Å². The van der Waals surface area contributed by atoms with E-state index in [2.05, 4.69) is 40.8 Å². The first-order valence-corrected chi connectivity index (χ1v) is 7.43. The lowest BCUT2D eigenvalue weighted by Crippen LogP contribution is -2.15. The van der Waals surface area contributed by atoms with E-state index in [9.17, 15) is 0 Å². The molecule has 2 aromatic carbocycles. The number of anilines is 1. The highest BCUT2D eigenvalue weighted by Gasteiger charge is 2.10. The first-order valence-electron chi connectivity index (χ1n) is 7.43. The molecule has 0 fully saturated rings. The van der Waals surface area contributed by atoms with Gasteiger partial charge >= 0.3 is 0 Å². The molecule has 23 heavy (non-hydrogen) atoms. The summed E-state index contributed by atoms with van der Waals surface area (Å²) in [7, 11) is 2.06. The van der Waals surface area contributed by atoms with Crippen LogP contribution in [0.4, 0.5) is 11.4 Å². The molecule has 0 amide bonds. The van der Waals surface area contributed by atoms with Crippen LogP contribution in [0.1, 0.15) is 6.92 Å². The highest BCUT2D eigenvalue weighted by atomic mass is 16.4. The zero-order valence-corrected chi connectivity index (χ0v) is 13.2. The number of hydrogen-bond donors (Lipinski definition) is 0. The van der Waals surface area contributed by atoms with Gasteiger partial charge in [-0.05, 0) is 62.2 Å². The van der Waals surface area contributed by atoms with Crippen molar-refractivity contribution >= 4 is 18.1 Å². The summed E-state index contributed by atoms with van der Waals surface area (Å²) in [6.07, 6.45) is 0. The van der Waals surface area contributed by atoms with E-state index in [1.54, 1.807) is 0 Å². The Balaban J connectivity index is 1.84. The summed E-state index contributed by atoms with van der Waals surface area (Å²) in [5.41, 5.74) is 3.73. The van der Waals surface area contributed by atoms with Gasteiger partial charge in [-0.15, -0.1) is 10.2 Å². The number of nitrogens with zero attached hydrogens (tertiary/aromatic N) is 4. The van der Waals surface area contributed by atoms with Gasteiger partial charge < -0.3 is 9.32 Å². The minimum absolute atomic E-state index is 0.491. The highest BCUT2D eigenvalue weighted by Crippen LogP contribution is 2.26. The van der Waals surface area contributed by atoms with E-state index in [0.29, 0.717) is 11.8 Å². The smallest absolute Gasteiger partial charge is 0.248 e. The van der Waals surface area contributed by atoms with Gasteiger partial charge in [-0.3, -0.25) is 4.99 Å². The van der Waals surface area contributed by atoms with Crippen LogP contribution < -0.4 is 4.90 Å². The molecule has 5 heteroatoms. The van der Waals surface area contributed by atoms with Gasteiger partial charge in [0.2, 0.25) is 11.8 Å². The quantitative estimate of drug-likeness (QED) is 0.663. The van der Waals surface area contributed by atoms with Crippen molar-refractivity contribution in [3.8, 4) is 22.9 Å². The molecule has 0 aliphatic rings. The van der Waals surface area contributed by atoms with E-state index >= 15 is 0 Å². The molecular formula is C18H18N4O. The lowest BCUT2D eigenvalue weighted by molar-refractivity contribution is 0.584. The van der Waals surface area contributed by atoms with Crippen molar-refractivity contribution in [2.45, 2.75) is 6.92 Å². The number of benzene rings is 2. The lowest BCUT2D eigenvalue weighted by Gasteiger charge is -2.16. The molecule has 116 valence electrons. The van der Waals surface area contributed by atoms with E-state index in [1.165, 1.54) is 0 Å². The summed E-state index contributed by atoms with van der Waals surface area (Å²) in [5.74, 6) is 1.00. The third kappa shape index (κ3) is 3.13. The maximum Gasteiger partial charge on any atom is 0.248 e. The van der Waals surface area contributed by atoms with Crippen molar-refractivity contribution in [2.24, 2.45) is 4.99 Å². The Bertz CT molecular complexity index is 791. The second-order valence-electron chi connectivity index (χ2n) is 5.18. The Morgan fingerprint density at radius 1 is 0.957 bits per heavy atom. The molecule has 0 aliphatic heterocycles. The normalized spacial score (nSPS) is 10.5. The van der Waals surface area contributed by atoms with Crippen molar-refractivity contribution in [2.75, 3.05) is 18.5 Å². The van der Waals surface area contributed by atoms with Crippen LogP contribution in [0.3, 0.4) is 0 Å². The van der Waals surface area contributed by atoms with E-state index in [0.717, 1.165) is 29.0 Å². The molecule has 0 bridgehead atoms. The third-order valence-corrected chi connectivity index (χ3v) is 3.75. The zero-order chi connectivity index (χ0) is 16.2. The van der Waals surface area contributed by atoms with Crippen LogP contribution >= 0.6 is 0 Å². The van der Waals surface area contributed by atoms with Gasteiger partial charge in [0.1, 0.15) is 0 Å². The van der Waals surface area contributed by atoms with E-state index < -0.39 is 0 Å². The molecule has 0 aliphatic carbocycles. The fraction of sp³-hybridized carbons (Fsp3) is 0.167. The first-order chi connectivity index (χ1) is 11.2. The molecule has 1 heterocycles. The Kier molecular flexibility index (Phi) is 4.19. The van der Waals surface area contributed by atoms with E-state index in [4.69, 9.17) is 4.42 Å². The van der Waals surface area contributed by atoms with Crippen LogP contribution in [0, 0.1) is 0 Å². The van der Waals surface area contributed by atoms with Crippen LogP contribution in [0.5, 0.6) is 0 Å². The van der Waals surface area contributed by atoms with Gasteiger partial charge in [-0.25, -0.2) is 0 Å². The second-order valence-corrected chi connectivity index (χ2v) is 5.18. The number of rotatable bonds is 5. The molecule has 0 spiro atoms. The molecule has 3 aromatic rings. The summed E-state index contributed by atoms with van der Waals surface area (Å²) in [5, 5.41) is 8.25. The minimum atomic E-state index is 0.491. The molecular weight excluding hydrogens is 288 g/mol. The van der Waals surface area contributed by atoms with Crippen molar-refractivity contribution in [3.63, 3.8) is 0 Å². The van der Waals surface area contributed by atoms with Gasteiger partial charge in [-0.2, -0.15) is 0 Å².